The smallest absolute Gasteiger partial charge is 0.343 e. The minimum Gasteiger partial charge on any atom is -0.462 e. The van der Waals surface area contributed by atoms with E-state index in [-0.39, 0.29) is 29.0 Å². The summed E-state index contributed by atoms with van der Waals surface area (Å²) in [7, 11) is 1.50. The van der Waals surface area contributed by atoms with Gasteiger partial charge in [-0.3, -0.25) is 9.59 Å². The molecule has 0 bridgehead atoms. The Morgan fingerprint density at radius 1 is 1.26 bits per heavy atom. The normalized spacial score (nSPS) is 15.1. The van der Waals surface area contributed by atoms with Gasteiger partial charge in [0.05, 0.1) is 12.2 Å². The molecule has 0 aromatic carbocycles. The first kappa shape index (κ1) is 23.7. The highest BCUT2D eigenvalue weighted by molar-refractivity contribution is 7.17. The van der Waals surface area contributed by atoms with Gasteiger partial charge in [0.1, 0.15) is 28.0 Å². The number of nitrogens with one attached hydrogen (secondary N) is 1. The predicted octanol–water partition coefficient (Wildman–Crippen LogP) is 2.99. The Labute approximate surface area is 198 Å². The van der Waals surface area contributed by atoms with E-state index in [4.69, 9.17) is 13.9 Å². The molecule has 11 heteroatoms. The Bertz CT molecular complexity index is 1350. The average molecular weight is 488 g/mol. The maximum absolute atomic E-state index is 12.7. The Morgan fingerprint density at radius 3 is 2.74 bits per heavy atom. The van der Waals surface area contributed by atoms with Crippen LogP contribution in [0.1, 0.15) is 57.2 Å². The fourth-order valence-electron chi connectivity index (χ4n) is 4.06. The summed E-state index contributed by atoms with van der Waals surface area (Å²) >= 11 is 1.35. The molecule has 1 unspecified atom stereocenters. The third-order valence-corrected chi connectivity index (χ3v) is 6.90. The molecule has 34 heavy (non-hydrogen) atoms. The first-order valence-corrected chi connectivity index (χ1v) is 11.8. The van der Waals surface area contributed by atoms with E-state index in [1.807, 2.05) is 0 Å². The standard InChI is InChI=1S/C23H25N3O7S/c1-5-31-23(30)17-13-7-6-11(2)8-14(13)34-20(17)25-15(27)9-32-22(29)16-12(3)33-19-18(16)21(28)26(4)10-24-19/h10-11H,5-9H2,1-4H3,(H,25,27). The number of amides is 1. The fourth-order valence-corrected chi connectivity index (χ4v) is 5.47. The molecule has 1 aliphatic rings. The highest BCUT2D eigenvalue weighted by Crippen LogP contribution is 2.40. The molecule has 4 rings (SSSR count). The van der Waals surface area contributed by atoms with Gasteiger partial charge in [-0.05, 0) is 44.6 Å². The van der Waals surface area contributed by atoms with E-state index in [2.05, 4.69) is 17.2 Å². The van der Waals surface area contributed by atoms with Gasteiger partial charge in [-0.1, -0.05) is 6.92 Å². The van der Waals surface area contributed by atoms with Gasteiger partial charge in [-0.25, -0.2) is 14.6 Å². The van der Waals surface area contributed by atoms with Gasteiger partial charge < -0.3 is 23.8 Å². The highest BCUT2D eigenvalue weighted by Gasteiger charge is 2.30. The van der Waals surface area contributed by atoms with E-state index in [0.29, 0.717) is 16.5 Å². The van der Waals surface area contributed by atoms with Crippen molar-refractivity contribution in [3.05, 3.63) is 44.0 Å². The number of furan rings is 1. The summed E-state index contributed by atoms with van der Waals surface area (Å²) in [5.74, 6) is -1.31. The van der Waals surface area contributed by atoms with Crippen LogP contribution in [0.5, 0.6) is 0 Å². The molecule has 1 N–H and O–H groups in total. The van der Waals surface area contributed by atoms with Gasteiger partial charge in [-0.2, -0.15) is 0 Å². The zero-order chi connectivity index (χ0) is 24.6. The number of anilines is 1. The number of carbonyl (C=O) groups excluding carboxylic acids is 3. The molecule has 1 aliphatic carbocycles. The number of rotatable bonds is 6. The van der Waals surface area contributed by atoms with Crippen LogP contribution in [0.4, 0.5) is 5.00 Å². The molecule has 1 atom stereocenters. The maximum atomic E-state index is 12.7. The number of hydrogen-bond acceptors (Lipinski definition) is 9. The third kappa shape index (κ3) is 4.35. The molecule has 10 nitrogen and oxygen atoms in total. The number of ether oxygens (including phenoxy) is 2. The maximum Gasteiger partial charge on any atom is 0.343 e. The predicted molar refractivity (Wildman–Crippen MR) is 124 cm³/mol. The number of hydrogen-bond donors (Lipinski definition) is 1. The summed E-state index contributed by atoms with van der Waals surface area (Å²) in [5.41, 5.74) is 0.784. The summed E-state index contributed by atoms with van der Waals surface area (Å²) in [6, 6.07) is 0. The fraction of sp³-hybridized carbons (Fsp3) is 0.435. The van der Waals surface area contributed by atoms with Gasteiger partial charge in [0.15, 0.2) is 6.61 Å². The van der Waals surface area contributed by atoms with Crippen LogP contribution in [0.25, 0.3) is 11.1 Å². The molecule has 0 fully saturated rings. The van der Waals surface area contributed by atoms with E-state index in [1.54, 1.807) is 6.92 Å². The van der Waals surface area contributed by atoms with Crippen LogP contribution in [0.3, 0.4) is 0 Å². The number of aryl methyl sites for hydroxylation is 2. The summed E-state index contributed by atoms with van der Waals surface area (Å²) in [5, 5.41) is 3.08. The highest BCUT2D eigenvalue weighted by atomic mass is 32.1. The third-order valence-electron chi connectivity index (χ3n) is 5.73. The number of thiophene rings is 1. The molecule has 180 valence electrons. The van der Waals surface area contributed by atoms with E-state index >= 15 is 0 Å². The number of aromatic nitrogens is 2. The van der Waals surface area contributed by atoms with Gasteiger partial charge in [0, 0.05) is 11.9 Å². The van der Waals surface area contributed by atoms with Crippen molar-refractivity contribution in [2.45, 2.75) is 40.0 Å². The van der Waals surface area contributed by atoms with Gasteiger partial charge in [0.25, 0.3) is 11.5 Å². The minimum absolute atomic E-state index is 0.00226. The van der Waals surface area contributed by atoms with Crippen LogP contribution in [0.2, 0.25) is 0 Å². The van der Waals surface area contributed by atoms with Crippen molar-refractivity contribution in [3.63, 3.8) is 0 Å². The van der Waals surface area contributed by atoms with Gasteiger partial charge in [0.2, 0.25) is 5.71 Å². The molecule has 3 aromatic heterocycles. The van der Waals surface area contributed by atoms with Crippen LogP contribution in [0, 0.1) is 12.8 Å². The Kier molecular flexibility index (Phi) is 6.56. The second-order valence-electron chi connectivity index (χ2n) is 8.27. The van der Waals surface area contributed by atoms with E-state index in [1.165, 1.54) is 36.2 Å². The van der Waals surface area contributed by atoms with E-state index in [0.717, 1.165) is 29.7 Å². The van der Waals surface area contributed by atoms with Crippen LogP contribution < -0.4 is 10.9 Å². The van der Waals surface area contributed by atoms with E-state index in [9.17, 15) is 19.2 Å². The number of esters is 2. The lowest BCUT2D eigenvalue weighted by molar-refractivity contribution is -0.119. The molecule has 3 heterocycles. The quantitative estimate of drug-likeness (QED) is 0.525. The zero-order valence-electron chi connectivity index (χ0n) is 19.4. The molecule has 0 spiro atoms. The van der Waals surface area contributed by atoms with Crippen molar-refractivity contribution < 1.29 is 28.3 Å². The molecule has 0 radical (unpaired) electrons. The average Bonchev–Trinajstić information content (AvgIpc) is 3.31. The van der Waals surface area contributed by atoms with Gasteiger partial charge in [-0.15, -0.1) is 11.3 Å². The minimum atomic E-state index is -0.874. The lowest BCUT2D eigenvalue weighted by Crippen LogP contribution is -2.23. The monoisotopic (exact) mass is 487 g/mol. The SMILES string of the molecule is CCOC(=O)c1c(NC(=O)COC(=O)c2c(C)oc3ncn(C)c(=O)c23)sc2c1CCC(C)C2. The number of fused-ring (bicyclic) bond motifs is 2. The summed E-state index contributed by atoms with van der Waals surface area (Å²) in [6.07, 6.45) is 3.81. The van der Waals surface area contributed by atoms with E-state index < -0.39 is 30.0 Å². The number of nitrogens with zero attached hydrogens (tertiary/aromatic N) is 2. The van der Waals surface area contributed by atoms with Crippen LogP contribution >= 0.6 is 11.3 Å². The number of carbonyl (C=O) groups is 3. The zero-order valence-corrected chi connectivity index (χ0v) is 20.2. The van der Waals surface area contributed by atoms with Crippen molar-refractivity contribution in [2.75, 3.05) is 18.5 Å². The molecule has 1 amide bonds. The molecule has 0 aliphatic heterocycles. The molecule has 0 saturated carbocycles. The van der Waals surface area contributed by atoms with Crippen LogP contribution in [-0.4, -0.2) is 40.6 Å². The Balaban J connectivity index is 1.52. The Hall–Kier alpha value is -3.47. The van der Waals surface area contributed by atoms with Gasteiger partial charge >= 0.3 is 11.9 Å². The van der Waals surface area contributed by atoms with Crippen LogP contribution in [-0.2, 0) is 34.2 Å². The second-order valence-corrected chi connectivity index (χ2v) is 9.38. The topological polar surface area (TPSA) is 130 Å². The lowest BCUT2D eigenvalue weighted by Gasteiger charge is -2.18. The first-order valence-electron chi connectivity index (χ1n) is 10.9. The van der Waals surface area contributed by atoms with Crippen molar-refractivity contribution in [2.24, 2.45) is 13.0 Å². The summed E-state index contributed by atoms with van der Waals surface area (Å²) in [4.78, 5) is 55.5. The van der Waals surface area contributed by atoms with Crippen molar-refractivity contribution in [1.82, 2.24) is 9.55 Å². The lowest BCUT2D eigenvalue weighted by atomic mass is 9.88. The van der Waals surface area contributed by atoms with Crippen molar-refractivity contribution in [3.8, 4) is 0 Å². The largest absolute Gasteiger partial charge is 0.462 e. The summed E-state index contributed by atoms with van der Waals surface area (Å²) in [6.45, 7) is 5.00. The molecule has 3 aromatic rings. The Morgan fingerprint density at radius 2 is 2.00 bits per heavy atom. The molecule has 0 saturated heterocycles. The molecular weight excluding hydrogens is 462 g/mol. The van der Waals surface area contributed by atoms with Crippen molar-refractivity contribution in [1.29, 1.82) is 0 Å². The first-order chi connectivity index (χ1) is 16.2. The van der Waals surface area contributed by atoms with Crippen LogP contribution in [0.15, 0.2) is 15.5 Å². The second kappa shape index (κ2) is 9.41. The van der Waals surface area contributed by atoms with Crippen molar-refractivity contribution >= 4 is 45.3 Å². The summed E-state index contributed by atoms with van der Waals surface area (Å²) < 4.78 is 17.0. The molecular formula is C23H25N3O7S.